The number of carbonyl (C=O) groups excluding carboxylic acids is 1. The van der Waals surface area contributed by atoms with Crippen molar-refractivity contribution in [3.8, 4) is 0 Å². The number of benzene rings is 1. The number of ether oxygens (including phenoxy) is 1. The van der Waals surface area contributed by atoms with Crippen LogP contribution in [0.4, 0.5) is 5.95 Å². The summed E-state index contributed by atoms with van der Waals surface area (Å²) in [6.07, 6.45) is 3.46. The predicted octanol–water partition coefficient (Wildman–Crippen LogP) is 2.41. The third kappa shape index (κ3) is 2.96. The molecule has 0 amide bonds. The summed E-state index contributed by atoms with van der Waals surface area (Å²) in [7, 11) is 0. The van der Waals surface area contributed by atoms with E-state index in [-0.39, 0.29) is 11.9 Å². The van der Waals surface area contributed by atoms with Gasteiger partial charge in [0.05, 0.1) is 18.0 Å². The van der Waals surface area contributed by atoms with Crippen molar-refractivity contribution in [1.29, 1.82) is 0 Å². The first-order valence-corrected chi connectivity index (χ1v) is 7.41. The maximum atomic E-state index is 11.7. The van der Waals surface area contributed by atoms with Crippen LogP contribution in [-0.2, 0) is 9.53 Å². The average Bonchev–Trinajstić information content (AvgIpc) is 2.55. The fourth-order valence-electron chi connectivity index (χ4n) is 2.69. The largest absolute Gasteiger partial charge is 0.466 e. The van der Waals surface area contributed by atoms with E-state index in [0.717, 1.165) is 42.8 Å². The molecule has 0 atom stereocenters. The van der Waals surface area contributed by atoms with Crippen LogP contribution in [0, 0.1) is 5.92 Å². The molecule has 1 fully saturated rings. The Hall–Kier alpha value is -2.17. The van der Waals surface area contributed by atoms with Gasteiger partial charge in [-0.25, -0.2) is 9.97 Å². The molecule has 1 saturated heterocycles. The van der Waals surface area contributed by atoms with E-state index in [9.17, 15) is 4.79 Å². The van der Waals surface area contributed by atoms with Crippen molar-refractivity contribution >= 4 is 22.8 Å². The zero-order valence-electron chi connectivity index (χ0n) is 12.2. The fourth-order valence-corrected chi connectivity index (χ4v) is 2.69. The molecule has 0 unspecified atom stereocenters. The summed E-state index contributed by atoms with van der Waals surface area (Å²) in [4.78, 5) is 22.9. The number of para-hydroxylation sites is 1. The van der Waals surface area contributed by atoms with E-state index in [1.165, 1.54) is 0 Å². The van der Waals surface area contributed by atoms with Crippen LogP contribution in [0.2, 0.25) is 0 Å². The first-order chi connectivity index (χ1) is 10.3. The van der Waals surface area contributed by atoms with Gasteiger partial charge in [0.15, 0.2) is 0 Å². The second-order valence-corrected chi connectivity index (χ2v) is 5.24. The Morgan fingerprint density at radius 1 is 1.33 bits per heavy atom. The minimum atomic E-state index is -0.0726. The molecule has 1 aliphatic heterocycles. The van der Waals surface area contributed by atoms with E-state index in [1.54, 1.807) is 0 Å². The zero-order valence-corrected chi connectivity index (χ0v) is 12.2. The molecule has 0 aliphatic carbocycles. The van der Waals surface area contributed by atoms with E-state index in [4.69, 9.17) is 4.74 Å². The van der Waals surface area contributed by atoms with Gasteiger partial charge < -0.3 is 9.64 Å². The molecular weight excluding hydrogens is 266 g/mol. The van der Waals surface area contributed by atoms with Crippen molar-refractivity contribution in [3.63, 3.8) is 0 Å². The molecule has 0 spiro atoms. The maximum Gasteiger partial charge on any atom is 0.309 e. The van der Waals surface area contributed by atoms with Gasteiger partial charge in [-0.1, -0.05) is 18.2 Å². The van der Waals surface area contributed by atoms with Gasteiger partial charge in [-0.05, 0) is 25.8 Å². The van der Waals surface area contributed by atoms with Crippen LogP contribution < -0.4 is 4.90 Å². The van der Waals surface area contributed by atoms with Crippen molar-refractivity contribution in [2.75, 3.05) is 24.6 Å². The average molecular weight is 285 g/mol. The Bertz CT molecular complexity index is 636. The number of hydrogen-bond donors (Lipinski definition) is 0. The summed E-state index contributed by atoms with van der Waals surface area (Å²) in [6.45, 7) is 3.88. The molecule has 2 aromatic rings. The van der Waals surface area contributed by atoms with Gasteiger partial charge in [-0.15, -0.1) is 0 Å². The van der Waals surface area contributed by atoms with Crippen molar-refractivity contribution in [2.24, 2.45) is 5.92 Å². The molecule has 0 N–H and O–H groups in total. The van der Waals surface area contributed by atoms with Crippen molar-refractivity contribution in [3.05, 3.63) is 30.5 Å². The smallest absolute Gasteiger partial charge is 0.309 e. The molecule has 5 heteroatoms. The van der Waals surface area contributed by atoms with Crippen LogP contribution >= 0.6 is 0 Å². The highest BCUT2D eigenvalue weighted by atomic mass is 16.5. The molecule has 1 aliphatic rings. The number of carbonyl (C=O) groups is 1. The minimum absolute atomic E-state index is 0.0154. The van der Waals surface area contributed by atoms with Crippen molar-refractivity contribution in [1.82, 2.24) is 9.97 Å². The minimum Gasteiger partial charge on any atom is -0.466 e. The van der Waals surface area contributed by atoms with Crippen molar-refractivity contribution < 1.29 is 9.53 Å². The summed E-state index contributed by atoms with van der Waals surface area (Å²) in [5.74, 6) is 0.689. The number of fused-ring (bicyclic) bond motifs is 1. The third-order valence-electron chi connectivity index (χ3n) is 3.87. The van der Waals surface area contributed by atoms with E-state index in [1.807, 2.05) is 37.4 Å². The number of esters is 1. The van der Waals surface area contributed by atoms with Gasteiger partial charge in [0.1, 0.15) is 0 Å². The number of rotatable bonds is 3. The van der Waals surface area contributed by atoms with Crippen LogP contribution in [0.3, 0.4) is 0 Å². The molecule has 3 rings (SSSR count). The van der Waals surface area contributed by atoms with E-state index >= 15 is 0 Å². The van der Waals surface area contributed by atoms with E-state index < -0.39 is 0 Å². The summed E-state index contributed by atoms with van der Waals surface area (Å²) in [5.41, 5.74) is 0.954. The maximum absolute atomic E-state index is 11.7. The monoisotopic (exact) mass is 285 g/mol. The molecular formula is C16H19N3O2. The fraction of sp³-hybridized carbons (Fsp3) is 0.438. The predicted molar refractivity (Wildman–Crippen MR) is 81.1 cm³/mol. The highest BCUT2D eigenvalue weighted by molar-refractivity contribution is 5.78. The first kappa shape index (κ1) is 13.8. The second kappa shape index (κ2) is 6.08. The highest BCUT2D eigenvalue weighted by Crippen LogP contribution is 2.23. The lowest BCUT2D eigenvalue weighted by molar-refractivity contribution is -0.148. The van der Waals surface area contributed by atoms with E-state index in [0.29, 0.717) is 6.61 Å². The summed E-state index contributed by atoms with van der Waals surface area (Å²) in [5, 5.41) is 1.04. The standard InChI is InChI=1S/C16H19N3O2/c1-2-21-15(20)12-7-9-19(10-8-12)16-17-11-13-5-3-4-6-14(13)18-16/h3-6,11-12H,2,7-10H2,1H3. The number of aromatic nitrogens is 2. The Morgan fingerprint density at radius 2 is 2.10 bits per heavy atom. The summed E-state index contributed by atoms with van der Waals surface area (Å²) < 4.78 is 5.09. The van der Waals surface area contributed by atoms with Crippen LogP contribution in [0.25, 0.3) is 10.9 Å². The molecule has 0 bridgehead atoms. The normalized spacial score (nSPS) is 16.1. The van der Waals surface area contributed by atoms with Gasteiger partial charge in [0.25, 0.3) is 0 Å². The van der Waals surface area contributed by atoms with Gasteiger partial charge in [0.2, 0.25) is 5.95 Å². The number of piperidine rings is 1. The van der Waals surface area contributed by atoms with E-state index in [2.05, 4.69) is 14.9 Å². The van der Waals surface area contributed by atoms with Crippen LogP contribution in [-0.4, -0.2) is 35.6 Å². The molecule has 1 aromatic carbocycles. The lowest BCUT2D eigenvalue weighted by atomic mass is 9.97. The van der Waals surface area contributed by atoms with Crippen LogP contribution in [0.15, 0.2) is 30.5 Å². The topological polar surface area (TPSA) is 55.3 Å². The van der Waals surface area contributed by atoms with Crippen LogP contribution in [0.1, 0.15) is 19.8 Å². The quantitative estimate of drug-likeness (QED) is 0.811. The second-order valence-electron chi connectivity index (χ2n) is 5.24. The van der Waals surface area contributed by atoms with Gasteiger partial charge in [-0.3, -0.25) is 4.79 Å². The Kier molecular flexibility index (Phi) is 3.99. The Balaban J connectivity index is 1.69. The van der Waals surface area contributed by atoms with Gasteiger partial charge >= 0.3 is 5.97 Å². The molecule has 0 radical (unpaired) electrons. The van der Waals surface area contributed by atoms with Gasteiger partial charge in [0, 0.05) is 24.7 Å². The number of nitrogens with zero attached hydrogens (tertiary/aromatic N) is 3. The molecule has 5 nitrogen and oxygen atoms in total. The Morgan fingerprint density at radius 3 is 2.86 bits per heavy atom. The molecule has 110 valence electrons. The first-order valence-electron chi connectivity index (χ1n) is 7.41. The number of anilines is 1. The molecule has 21 heavy (non-hydrogen) atoms. The van der Waals surface area contributed by atoms with Crippen molar-refractivity contribution in [2.45, 2.75) is 19.8 Å². The molecule has 0 saturated carbocycles. The third-order valence-corrected chi connectivity index (χ3v) is 3.87. The number of hydrogen-bond acceptors (Lipinski definition) is 5. The van der Waals surface area contributed by atoms with Crippen LogP contribution in [0.5, 0.6) is 0 Å². The summed E-state index contributed by atoms with van der Waals surface area (Å²) >= 11 is 0. The SMILES string of the molecule is CCOC(=O)C1CCN(c2ncc3ccccc3n2)CC1. The Labute approximate surface area is 124 Å². The lowest BCUT2D eigenvalue weighted by Gasteiger charge is -2.30. The van der Waals surface area contributed by atoms with Gasteiger partial charge in [-0.2, -0.15) is 0 Å². The lowest BCUT2D eigenvalue weighted by Crippen LogP contribution is -2.37. The summed E-state index contributed by atoms with van der Waals surface area (Å²) in [6, 6.07) is 7.96. The highest BCUT2D eigenvalue weighted by Gasteiger charge is 2.27. The molecule has 1 aromatic heterocycles. The zero-order chi connectivity index (χ0) is 14.7. The molecule has 2 heterocycles.